The van der Waals surface area contributed by atoms with E-state index in [1.165, 1.54) is 4.31 Å². The van der Waals surface area contributed by atoms with E-state index >= 15 is 0 Å². The van der Waals surface area contributed by atoms with Crippen molar-refractivity contribution in [2.75, 3.05) is 19.6 Å². The summed E-state index contributed by atoms with van der Waals surface area (Å²) in [5.41, 5.74) is 0.709. The van der Waals surface area contributed by atoms with Crippen LogP contribution < -0.4 is 5.32 Å². The van der Waals surface area contributed by atoms with Crippen molar-refractivity contribution in [1.82, 2.24) is 9.62 Å². The molecular weight excluding hydrogens is 393 g/mol. The van der Waals surface area contributed by atoms with E-state index in [-0.39, 0.29) is 19.0 Å². The molecule has 3 rings (SSSR count). The SMILES string of the molecule is Cl.O=S(=O)(c1ccc(F)cc1F)N1CCNCC1c1cccc(Cl)c1. The zero-order valence-electron chi connectivity index (χ0n) is 13.0. The average Bonchev–Trinajstić information content (AvgIpc) is 2.54. The minimum atomic E-state index is -4.11. The maximum Gasteiger partial charge on any atom is 0.246 e. The zero-order valence-corrected chi connectivity index (χ0v) is 15.3. The maximum atomic E-state index is 14.0. The molecule has 0 saturated carbocycles. The summed E-state index contributed by atoms with van der Waals surface area (Å²) in [5.74, 6) is -1.92. The Morgan fingerprint density at radius 2 is 1.92 bits per heavy atom. The van der Waals surface area contributed by atoms with E-state index in [1.54, 1.807) is 24.3 Å². The van der Waals surface area contributed by atoms with Crippen molar-refractivity contribution in [3.63, 3.8) is 0 Å². The molecule has 1 unspecified atom stereocenters. The minimum absolute atomic E-state index is 0. The Morgan fingerprint density at radius 3 is 2.60 bits per heavy atom. The molecule has 1 atom stereocenters. The van der Waals surface area contributed by atoms with Crippen molar-refractivity contribution < 1.29 is 17.2 Å². The predicted molar refractivity (Wildman–Crippen MR) is 94.6 cm³/mol. The fourth-order valence-corrected chi connectivity index (χ4v) is 4.64. The highest BCUT2D eigenvalue weighted by atomic mass is 35.5. The molecule has 2 aromatic rings. The van der Waals surface area contributed by atoms with Crippen LogP contribution in [0.2, 0.25) is 5.02 Å². The summed E-state index contributed by atoms with van der Waals surface area (Å²) in [6.07, 6.45) is 0. The number of benzene rings is 2. The van der Waals surface area contributed by atoms with Crippen molar-refractivity contribution in [3.8, 4) is 0 Å². The van der Waals surface area contributed by atoms with Crippen LogP contribution in [0, 0.1) is 11.6 Å². The molecule has 4 nitrogen and oxygen atoms in total. The first-order chi connectivity index (χ1) is 11.4. The molecule has 136 valence electrons. The lowest BCUT2D eigenvalue weighted by Gasteiger charge is -2.35. The number of piperazine rings is 1. The molecule has 1 saturated heterocycles. The van der Waals surface area contributed by atoms with Gasteiger partial charge in [-0.1, -0.05) is 23.7 Å². The highest BCUT2D eigenvalue weighted by Crippen LogP contribution is 2.31. The van der Waals surface area contributed by atoms with E-state index in [1.807, 2.05) is 0 Å². The van der Waals surface area contributed by atoms with E-state index in [9.17, 15) is 17.2 Å². The number of halogens is 4. The second kappa shape index (κ2) is 7.97. The number of hydrogen-bond acceptors (Lipinski definition) is 3. The van der Waals surface area contributed by atoms with E-state index in [0.29, 0.717) is 29.7 Å². The standard InChI is InChI=1S/C16H15ClF2N2O2S.ClH/c17-12-3-1-2-11(8-12)15-10-20-6-7-21(15)24(22,23)16-5-4-13(18)9-14(16)19;/h1-5,8-9,15,20H,6-7,10H2;1H. The Hall–Kier alpha value is -1.25. The molecular formula is C16H16Cl2F2N2O2S. The van der Waals surface area contributed by atoms with Gasteiger partial charge >= 0.3 is 0 Å². The van der Waals surface area contributed by atoms with Gasteiger partial charge in [0.1, 0.15) is 16.5 Å². The third-order valence-corrected chi connectivity index (χ3v) is 6.08. The number of nitrogens with one attached hydrogen (secondary N) is 1. The van der Waals surface area contributed by atoms with Crippen molar-refractivity contribution >= 4 is 34.0 Å². The smallest absolute Gasteiger partial charge is 0.246 e. The van der Waals surface area contributed by atoms with Gasteiger partial charge in [0.15, 0.2) is 0 Å². The molecule has 1 N–H and O–H groups in total. The molecule has 1 aliphatic heterocycles. The monoisotopic (exact) mass is 408 g/mol. The normalized spacial score (nSPS) is 18.6. The van der Waals surface area contributed by atoms with Crippen LogP contribution in [0.25, 0.3) is 0 Å². The van der Waals surface area contributed by atoms with E-state index in [2.05, 4.69) is 5.32 Å². The lowest BCUT2D eigenvalue weighted by Crippen LogP contribution is -2.48. The molecule has 0 amide bonds. The van der Waals surface area contributed by atoms with E-state index < -0.39 is 32.6 Å². The molecule has 2 aromatic carbocycles. The lowest BCUT2D eigenvalue weighted by molar-refractivity contribution is 0.270. The van der Waals surface area contributed by atoms with E-state index in [0.717, 1.165) is 12.1 Å². The second-order valence-corrected chi connectivity index (χ2v) is 7.76. The fourth-order valence-electron chi connectivity index (χ4n) is 2.78. The first kappa shape index (κ1) is 20.1. The Kier molecular flexibility index (Phi) is 6.40. The van der Waals surface area contributed by atoms with Crippen molar-refractivity contribution in [3.05, 3.63) is 64.7 Å². The van der Waals surface area contributed by atoms with E-state index in [4.69, 9.17) is 11.6 Å². The summed E-state index contributed by atoms with van der Waals surface area (Å²) in [5, 5.41) is 3.62. The van der Waals surface area contributed by atoms with Gasteiger partial charge in [-0.3, -0.25) is 0 Å². The molecule has 9 heteroatoms. The van der Waals surface area contributed by atoms with Crippen LogP contribution in [-0.2, 0) is 10.0 Å². The third-order valence-electron chi connectivity index (χ3n) is 3.91. The molecule has 0 spiro atoms. The summed E-state index contributed by atoms with van der Waals surface area (Å²) < 4.78 is 54.1. The van der Waals surface area contributed by atoms with Crippen LogP contribution in [0.1, 0.15) is 11.6 Å². The van der Waals surface area contributed by atoms with Crippen LogP contribution >= 0.6 is 24.0 Å². The molecule has 1 fully saturated rings. The highest BCUT2D eigenvalue weighted by Gasteiger charge is 2.36. The van der Waals surface area contributed by atoms with Gasteiger partial charge in [0, 0.05) is 30.7 Å². The number of hydrogen-bond donors (Lipinski definition) is 1. The first-order valence-corrected chi connectivity index (χ1v) is 9.14. The fraction of sp³-hybridized carbons (Fsp3) is 0.250. The quantitative estimate of drug-likeness (QED) is 0.846. The first-order valence-electron chi connectivity index (χ1n) is 7.32. The summed E-state index contributed by atoms with van der Waals surface area (Å²) in [4.78, 5) is -0.530. The molecule has 0 bridgehead atoms. The van der Waals surface area contributed by atoms with Crippen molar-refractivity contribution in [2.45, 2.75) is 10.9 Å². The average molecular weight is 409 g/mol. The Labute approximate surface area is 156 Å². The molecule has 0 radical (unpaired) electrons. The molecule has 0 aromatic heterocycles. The van der Waals surface area contributed by atoms with Crippen LogP contribution in [0.5, 0.6) is 0 Å². The van der Waals surface area contributed by atoms with Crippen molar-refractivity contribution in [1.29, 1.82) is 0 Å². The third kappa shape index (κ3) is 4.12. The molecule has 0 aliphatic carbocycles. The van der Waals surface area contributed by atoms with Gasteiger partial charge in [-0.05, 0) is 29.8 Å². The van der Waals surface area contributed by atoms with Crippen molar-refractivity contribution in [2.24, 2.45) is 0 Å². The second-order valence-electron chi connectivity index (χ2n) is 5.47. The lowest BCUT2D eigenvalue weighted by atomic mass is 10.1. The topological polar surface area (TPSA) is 49.4 Å². The summed E-state index contributed by atoms with van der Waals surface area (Å²) in [7, 11) is -4.11. The van der Waals surface area contributed by atoms with Gasteiger partial charge in [-0.2, -0.15) is 4.31 Å². The number of sulfonamides is 1. The van der Waals surface area contributed by atoms with Gasteiger partial charge in [0.2, 0.25) is 10.0 Å². The Bertz CT molecular complexity index is 865. The predicted octanol–water partition coefficient (Wildman–Crippen LogP) is 3.38. The minimum Gasteiger partial charge on any atom is -0.313 e. The van der Waals surface area contributed by atoms with Crippen LogP contribution in [-0.4, -0.2) is 32.4 Å². The highest BCUT2D eigenvalue weighted by molar-refractivity contribution is 7.89. The summed E-state index contributed by atoms with van der Waals surface area (Å²) >= 11 is 6.00. The molecule has 1 aliphatic rings. The van der Waals surface area contributed by atoms with Crippen LogP contribution in [0.3, 0.4) is 0 Å². The summed E-state index contributed by atoms with van der Waals surface area (Å²) in [6, 6.07) is 8.82. The van der Waals surface area contributed by atoms with Crippen LogP contribution in [0.15, 0.2) is 47.4 Å². The summed E-state index contributed by atoms with van der Waals surface area (Å²) in [6.45, 7) is 0.998. The molecule has 1 heterocycles. The maximum absolute atomic E-state index is 14.0. The van der Waals surface area contributed by atoms with Gasteiger partial charge in [0.05, 0.1) is 6.04 Å². The number of rotatable bonds is 3. The van der Waals surface area contributed by atoms with Crippen LogP contribution in [0.4, 0.5) is 8.78 Å². The zero-order chi connectivity index (χ0) is 17.3. The Morgan fingerprint density at radius 1 is 1.16 bits per heavy atom. The van der Waals surface area contributed by atoms with Gasteiger partial charge in [0.25, 0.3) is 0 Å². The van der Waals surface area contributed by atoms with Gasteiger partial charge in [-0.25, -0.2) is 17.2 Å². The van der Waals surface area contributed by atoms with Gasteiger partial charge < -0.3 is 5.32 Å². The number of nitrogens with zero attached hydrogens (tertiary/aromatic N) is 1. The molecule has 25 heavy (non-hydrogen) atoms. The largest absolute Gasteiger partial charge is 0.313 e. The van der Waals surface area contributed by atoms with Gasteiger partial charge in [-0.15, -0.1) is 12.4 Å². The Balaban J connectivity index is 0.00000225.